The second-order valence-corrected chi connectivity index (χ2v) is 7.19. The molecule has 0 aliphatic heterocycles. The molecule has 0 saturated heterocycles. The van der Waals surface area contributed by atoms with Gasteiger partial charge in [0.2, 0.25) is 22.9 Å². The standard InChI is InChI=1S/C16H23N7O2S/c1-2-25-12-7-8-18-16(21-12)20-11-5-3-10(4-6-11)14(24)19-9-13-22-23-15(17)26-13/h7-8,10-11H,2-6,9H2,1H3,(H2,17,23)(H,19,24)(H,18,20,21). The van der Waals surface area contributed by atoms with Crippen LogP contribution in [0.25, 0.3) is 0 Å². The zero-order valence-electron chi connectivity index (χ0n) is 14.6. The molecule has 3 rings (SSSR count). The first-order valence-corrected chi connectivity index (χ1v) is 9.53. The summed E-state index contributed by atoms with van der Waals surface area (Å²) >= 11 is 1.29. The Labute approximate surface area is 155 Å². The third kappa shape index (κ3) is 5.01. The van der Waals surface area contributed by atoms with Gasteiger partial charge in [-0.3, -0.25) is 4.79 Å². The van der Waals surface area contributed by atoms with Crippen molar-refractivity contribution in [1.29, 1.82) is 0 Å². The first-order chi connectivity index (χ1) is 12.6. The van der Waals surface area contributed by atoms with Gasteiger partial charge >= 0.3 is 0 Å². The molecule has 4 N–H and O–H groups in total. The summed E-state index contributed by atoms with van der Waals surface area (Å²) in [5, 5.41) is 15.0. The molecule has 2 aromatic heterocycles. The van der Waals surface area contributed by atoms with Crippen molar-refractivity contribution in [2.45, 2.75) is 45.2 Å². The van der Waals surface area contributed by atoms with E-state index in [0.29, 0.717) is 30.1 Å². The highest BCUT2D eigenvalue weighted by atomic mass is 32.1. The van der Waals surface area contributed by atoms with Crippen molar-refractivity contribution in [2.75, 3.05) is 17.7 Å². The monoisotopic (exact) mass is 377 g/mol. The molecule has 1 amide bonds. The van der Waals surface area contributed by atoms with E-state index in [-0.39, 0.29) is 17.9 Å². The molecule has 1 saturated carbocycles. The van der Waals surface area contributed by atoms with Gasteiger partial charge in [-0.05, 0) is 32.6 Å². The highest BCUT2D eigenvalue weighted by molar-refractivity contribution is 7.15. The molecular weight excluding hydrogens is 354 g/mol. The van der Waals surface area contributed by atoms with Crippen molar-refractivity contribution in [3.05, 3.63) is 17.3 Å². The van der Waals surface area contributed by atoms with Gasteiger partial charge in [-0.25, -0.2) is 4.98 Å². The van der Waals surface area contributed by atoms with Gasteiger partial charge in [-0.1, -0.05) is 11.3 Å². The number of nitrogen functional groups attached to an aromatic ring is 1. The number of nitrogens with two attached hydrogens (primary N) is 1. The van der Waals surface area contributed by atoms with Gasteiger partial charge in [-0.2, -0.15) is 4.98 Å². The van der Waals surface area contributed by atoms with Crippen LogP contribution in [0.5, 0.6) is 5.88 Å². The Bertz CT molecular complexity index is 731. The number of hydrogen-bond donors (Lipinski definition) is 3. The maximum absolute atomic E-state index is 12.3. The van der Waals surface area contributed by atoms with Crippen molar-refractivity contribution in [2.24, 2.45) is 5.92 Å². The fourth-order valence-electron chi connectivity index (χ4n) is 2.97. The van der Waals surface area contributed by atoms with Crippen LogP contribution < -0.4 is 21.1 Å². The van der Waals surface area contributed by atoms with Crippen LogP contribution >= 0.6 is 11.3 Å². The lowest BCUT2D eigenvalue weighted by Gasteiger charge is -2.28. The highest BCUT2D eigenvalue weighted by Crippen LogP contribution is 2.26. The van der Waals surface area contributed by atoms with Gasteiger partial charge in [0.25, 0.3) is 0 Å². The van der Waals surface area contributed by atoms with Crippen LogP contribution in [0.3, 0.4) is 0 Å². The van der Waals surface area contributed by atoms with Gasteiger partial charge in [0.05, 0.1) is 13.2 Å². The zero-order valence-corrected chi connectivity index (χ0v) is 15.5. The van der Waals surface area contributed by atoms with Crippen LogP contribution in [0.1, 0.15) is 37.6 Å². The van der Waals surface area contributed by atoms with Crippen LogP contribution in [-0.4, -0.2) is 38.7 Å². The van der Waals surface area contributed by atoms with Gasteiger partial charge in [0.15, 0.2) is 0 Å². The first kappa shape index (κ1) is 18.3. The summed E-state index contributed by atoms with van der Waals surface area (Å²) in [6.07, 6.45) is 5.12. The second-order valence-electron chi connectivity index (χ2n) is 6.10. The van der Waals surface area contributed by atoms with E-state index in [1.165, 1.54) is 11.3 Å². The largest absolute Gasteiger partial charge is 0.478 e. The SMILES string of the molecule is CCOc1ccnc(NC2CCC(C(=O)NCc3nnc(N)s3)CC2)n1. The van der Waals surface area contributed by atoms with E-state index in [1.807, 2.05) is 6.92 Å². The summed E-state index contributed by atoms with van der Waals surface area (Å²) in [6.45, 7) is 2.87. The molecule has 0 atom stereocenters. The minimum atomic E-state index is 0.0222. The molecular formula is C16H23N7O2S. The van der Waals surface area contributed by atoms with Crippen LogP contribution in [0, 0.1) is 5.92 Å². The van der Waals surface area contributed by atoms with Crippen molar-refractivity contribution in [3.63, 3.8) is 0 Å². The van der Waals surface area contributed by atoms with Gasteiger partial charge in [0, 0.05) is 24.2 Å². The van der Waals surface area contributed by atoms with E-state index in [9.17, 15) is 4.79 Å². The quantitative estimate of drug-likeness (QED) is 0.664. The van der Waals surface area contributed by atoms with E-state index >= 15 is 0 Å². The number of nitrogens with one attached hydrogen (secondary N) is 2. The molecule has 1 aliphatic carbocycles. The second kappa shape index (κ2) is 8.75. The fraction of sp³-hybridized carbons (Fsp3) is 0.562. The number of amides is 1. The number of rotatable bonds is 7. The smallest absolute Gasteiger partial charge is 0.226 e. The van der Waals surface area contributed by atoms with Crippen molar-refractivity contribution in [1.82, 2.24) is 25.5 Å². The lowest BCUT2D eigenvalue weighted by atomic mass is 9.85. The van der Waals surface area contributed by atoms with Gasteiger partial charge in [0.1, 0.15) is 5.01 Å². The topological polar surface area (TPSA) is 128 Å². The average molecular weight is 377 g/mol. The van der Waals surface area contributed by atoms with Crippen LogP contribution in [0.15, 0.2) is 12.3 Å². The van der Waals surface area contributed by atoms with E-state index in [0.717, 1.165) is 30.7 Å². The molecule has 0 spiro atoms. The molecule has 10 heteroatoms. The number of ether oxygens (including phenoxy) is 1. The number of aromatic nitrogens is 4. The normalized spacial score (nSPS) is 19.7. The van der Waals surface area contributed by atoms with Crippen molar-refractivity contribution >= 4 is 28.3 Å². The molecule has 2 heterocycles. The van der Waals surface area contributed by atoms with E-state index in [4.69, 9.17) is 10.5 Å². The third-order valence-corrected chi connectivity index (χ3v) is 5.00. The molecule has 1 fully saturated rings. The van der Waals surface area contributed by atoms with Crippen molar-refractivity contribution in [3.8, 4) is 5.88 Å². The summed E-state index contributed by atoms with van der Waals surface area (Å²) in [7, 11) is 0. The molecule has 0 bridgehead atoms. The maximum Gasteiger partial charge on any atom is 0.226 e. The molecule has 140 valence electrons. The maximum atomic E-state index is 12.3. The fourth-order valence-corrected chi connectivity index (χ4v) is 3.52. The number of carbonyl (C=O) groups is 1. The summed E-state index contributed by atoms with van der Waals surface area (Å²) in [4.78, 5) is 20.9. The number of carbonyl (C=O) groups excluding carboxylic acids is 1. The predicted octanol–water partition coefficient (Wildman–Crippen LogP) is 1.60. The molecule has 2 aromatic rings. The van der Waals surface area contributed by atoms with Gasteiger partial charge < -0.3 is 21.1 Å². The number of nitrogens with zero attached hydrogens (tertiary/aromatic N) is 4. The minimum absolute atomic E-state index is 0.0222. The Morgan fingerprint density at radius 1 is 1.35 bits per heavy atom. The lowest BCUT2D eigenvalue weighted by Crippen LogP contribution is -2.35. The van der Waals surface area contributed by atoms with E-state index in [2.05, 4.69) is 30.8 Å². The van der Waals surface area contributed by atoms with Crippen LogP contribution in [0.2, 0.25) is 0 Å². The lowest BCUT2D eigenvalue weighted by molar-refractivity contribution is -0.126. The van der Waals surface area contributed by atoms with E-state index < -0.39 is 0 Å². The Kier molecular flexibility index (Phi) is 6.16. The summed E-state index contributed by atoms with van der Waals surface area (Å²) in [5.41, 5.74) is 5.54. The molecule has 26 heavy (non-hydrogen) atoms. The highest BCUT2D eigenvalue weighted by Gasteiger charge is 2.26. The van der Waals surface area contributed by atoms with Crippen LogP contribution in [-0.2, 0) is 11.3 Å². The van der Waals surface area contributed by atoms with Crippen molar-refractivity contribution < 1.29 is 9.53 Å². The average Bonchev–Trinajstić information content (AvgIpc) is 3.06. The molecule has 0 unspecified atom stereocenters. The predicted molar refractivity (Wildman–Crippen MR) is 98.7 cm³/mol. The Morgan fingerprint density at radius 2 is 2.15 bits per heavy atom. The molecule has 0 aromatic carbocycles. The molecule has 1 aliphatic rings. The van der Waals surface area contributed by atoms with E-state index in [1.54, 1.807) is 12.3 Å². The Morgan fingerprint density at radius 3 is 2.85 bits per heavy atom. The summed E-state index contributed by atoms with van der Waals surface area (Å²) in [6, 6.07) is 2.00. The third-order valence-electron chi connectivity index (χ3n) is 4.25. The zero-order chi connectivity index (χ0) is 18.4. The number of anilines is 2. The molecule has 9 nitrogen and oxygen atoms in total. The summed E-state index contributed by atoms with van der Waals surface area (Å²) in [5.74, 6) is 1.22. The van der Waals surface area contributed by atoms with Gasteiger partial charge in [-0.15, -0.1) is 10.2 Å². The summed E-state index contributed by atoms with van der Waals surface area (Å²) < 4.78 is 5.39. The number of hydrogen-bond acceptors (Lipinski definition) is 9. The Balaban J connectivity index is 1.43. The Hall–Kier alpha value is -2.49. The first-order valence-electron chi connectivity index (χ1n) is 8.72. The van der Waals surface area contributed by atoms with Crippen LogP contribution in [0.4, 0.5) is 11.1 Å². The molecule has 0 radical (unpaired) electrons. The minimum Gasteiger partial charge on any atom is -0.478 e.